The largest absolute Gasteiger partial charge is 0.352 e. The van der Waals surface area contributed by atoms with E-state index in [2.05, 4.69) is 11.9 Å². The van der Waals surface area contributed by atoms with Crippen molar-refractivity contribution in [3.05, 3.63) is 12.2 Å². The maximum Gasteiger partial charge on any atom is 0.246 e. The molecular formula is C12H24N2O. The van der Waals surface area contributed by atoms with Crippen molar-refractivity contribution in [2.75, 3.05) is 13.1 Å². The Kier molecular flexibility index (Phi) is 9.18. The first-order valence-corrected chi connectivity index (χ1v) is 5.82. The van der Waals surface area contributed by atoms with Crippen LogP contribution in [0.2, 0.25) is 0 Å². The van der Waals surface area contributed by atoms with Crippen LogP contribution in [0.15, 0.2) is 12.2 Å². The van der Waals surface area contributed by atoms with Gasteiger partial charge >= 0.3 is 0 Å². The second-order valence-corrected chi connectivity index (χ2v) is 3.95. The first kappa shape index (κ1) is 14.2. The van der Waals surface area contributed by atoms with Crippen molar-refractivity contribution in [1.82, 2.24) is 5.32 Å². The Morgan fingerprint density at radius 1 is 1.13 bits per heavy atom. The summed E-state index contributed by atoms with van der Waals surface area (Å²) in [5.41, 5.74) is 5.98. The smallest absolute Gasteiger partial charge is 0.246 e. The normalized spacial score (nSPS) is 10.0. The first-order chi connectivity index (χ1) is 7.18. The molecule has 3 N–H and O–H groups in total. The Hall–Kier alpha value is -0.830. The zero-order valence-electron chi connectivity index (χ0n) is 9.85. The zero-order chi connectivity index (χ0) is 11.5. The molecule has 88 valence electrons. The van der Waals surface area contributed by atoms with Crippen molar-refractivity contribution in [1.29, 1.82) is 0 Å². The molecule has 0 bridgehead atoms. The summed E-state index contributed by atoms with van der Waals surface area (Å²) in [6.45, 7) is 6.87. The van der Waals surface area contributed by atoms with E-state index >= 15 is 0 Å². The highest BCUT2D eigenvalue weighted by molar-refractivity contribution is 5.91. The molecule has 15 heavy (non-hydrogen) atoms. The van der Waals surface area contributed by atoms with Gasteiger partial charge in [0.1, 0.15) is 0 Å². The number of hydrogen-bond donors (Lipinski definition) is 2. The average Bonchev–Trinajstić information content (AvgIpc) is 2.21. The molecule has 0 aliphatic rings. The quantitative estimate of drug-likeness (QED) is 0.453. The molecule has 0 aromatic heterocycles. The molecular weight excluding hydrogens is 188 g/mol. The molecule has 0 unspecified atom stereocenters. The van der Waals surface area contributed by atoms with Crippen LogP contribution in [-0.2, 0) is 4.79 Å². The highest BCUT2D eigenvalue weighted by Gasteiger charge is 1.98. The number of unbranched alkanes of at least 4 members (excludes halogenated alkanes) is 5. The molecule has 0 aromatic rings. The predicted octanol–water partition coefficient (Wildman–Crippen LogP) is 1.98. The van der Waals surface area contributed by atoms with Crippen molar-refractivity contribution in [2.45, 2.75) is 45.4 Å². The topological polar surface area (TPSA) is 55.1 Å². The summed E-state index contributed by atoms with van der Waals surface area (Å²) in [5, 5.41) is 2.83. The Morgan fingerprint density at radius 3 is 2.20 bits per heavy atom. The number of amides is 1. The summed E-state index contributed by atoms with van der Waals surface area (Å²) < 4.78 is 0. The van der Waals surface area contributed by atoms with Crippen LogP contribution in [0, 0.1) is 0 Å². The molecule has 0 saturated heterocycles. The number of carbonyl (C=O) groups is 1. The fourth-order valence-electron chi connectivity index (χ4n) is 1.33. The molecule has 0 aliphatic carbocycles. The van der Waals surface area contributed by atoms with Gasteiger partial charge in [0.25, 0.3) is 0 Å². The van der Waals surface area contributed by atoms with Crippen molar-refractivity contribution in [3.8, 4) is 0 Å². The summed E-state index contributed by atoms with van der Waals surface area (Å²) in [6.07, 6.45) is 7.10. The third-order valence-electron chi connectivity index (χ3n) is 2.30. The first-order valence-electron chi connectivity index (χ1n) is 5.82. The molecule has 0 aliphatic heterocycles. The predicted molar refractivity (Wildman–Crippen MR) is 64.6 cm³/mol. The molecule has 0 atom stereocenters. The fourth-order valence-corrected chi connectivity index (χ4v) is 1.33. The molecule has 3 nitrogen and oxygen atoms in total. The van der Waals surface area contributed by atoms with Crippen molar-refractivity contribution in [3.63, 3.8) is 0 Å². The van der Waals surface area contributed by atoms with E-state index in [4.69, 9.17) is 5.73 Å². The van der Waals surface area contributed by atoms with Crippen LogP contribution in [0.25, 0.3) is 0 Å². The second-order valence-electron chi connectivity index (χ2n) is 3.95. The monoisotopic (exact) mass is 212 g/mol. The van der Waals surface area contributed by atoms with Gasteiger partial charge in [0.05, 0.1) is 0 Å². The molecule has 0 spiro atoms. The van der Waals surface area contributed by atoms with Gasteiger partial charge in [-0.15, -0.1) is 0 Å². The maximum atomic E-state index is 11.1. The van der Waals surface area contributed by atoms with Crippen LogP contribution in [0.1, 0.15) is 45.4 Å². The third-order valence-corrected chi connectivity index (χ3v) is 2.30. The molecule has 0 heterocycles. The van der Waals surface area contributed by atoms with Crippen LogP contribution in [0.4, 0.5) is 0 Å². The van der Waals surface area contributed by atoms with E-state index in [-0.39, 0.29) is 5.91 Å². The van der Waals surface area contributed by atoms with Gasteiger partial charge in [-0.1, -0.05) is 32.3 Å². The van der Waals surface area contributed by atoms with Crippen LogP contribution >= 0.6 is 0 Å². The highest BCUT2D eigenvalue weighted by Crippen LogP contribution is 2.04. The van der Waals surface area contributed by atoms with Crippen molar-refractivity contribution < 1.29 is 4.79 Å². The summed E-state index contributed by atoms with van der Waals surface area (Å²) >= 11 is 0. The van der Waals surface area contributed by atoms with Gasteiger partial charge in [0.15, 0.2) is 0 Å². The molecule has 3 heteroatoms. The highest BCUT2D eigenvalue weighted by atomic mass is 16.1. The van der Waals surface area contributed by atoms with E-state index < -0.39 is 0 Å². The minimum absolute atomic E-state index is 0.0295. The van der Waals surface area contributed by atoms with Gasteiger partial charge < -0.3 is 11.1 Å². The van der Waals surface area contributed by atoms with E-state index in [9.17, 15) is 4.79 Å². The number of carbonyl (C=O) groups excluding carboxylic acids is 1. The Morgan fingerprint density at radius 2 is 1.67 bits per heavy atom. The number of rotatable bonds is 9. The summed E-state index contributed by atoms with van der Waals surface area (Å²) in [7, 11) is 0. The minimum atomic E-state index is -0.0295. The molecule has 0 radical (unpaired) electrons. The summed E-state index contributed by atoms with van der Waals surface area (Å²) in [5.74, 6) is -0.0295. The van der Waals surface area contributed by atoms with Crippen LogP contribution < -0.4 is 11.1 Å². The molecule has 1 amide bonds. The average molecular weight is 212 g/mol. The third kappa shape index (κ3) is 9.47. The fraction of sp³-hybridized carbons (Fsp3) is 0.750. The van der Waals surface area contributed by atoms with Gasteiger partial charge in [0.2, 0.25) is 5.91 Å². The van der Waals surface area contributed by atoms with Gasteiger partial charge in [-0.3, -0.25) is 4.79 Å². The van der Waals surface area contributed by atoms with E-state index in [1.54, 1.807) is 6.92 Å². The van der Waals surface area contributed by atoms with E-state index in [0.29, 0.717) is 5.57 Å². The zero-order valence-corrected chi connectivity index (χ0v) is 9.85. The minimum Gasteiger partial charge on any atom is -0.352 e. The molecule has 0 fully saturated rings. The van der Waals surface area contributed by atoms with Crippen molar-refractivity contribution in [2.24, 2.45) is 5.73 Å². The van der Waals surface area contributed by atoms with Crippen LogP contribution in [-0.4, -0.2) is 19.0 Å². The molecule has 0 aromatic carbocycles. The summed E-state index contributed by atoms with van der Waals surface area (Å²) in [4.78, 5) is 11.1. The van der Waals surface area contributed by atoms with Crippen LogP contribution in [0.3, 0.4) is 0 Å². The van der Waals surface area contributed by atoms with Gasteiger partial charge in [-0.2, -0.15) is 0 Å². The lowest BCUT2D eigenvalue weighted by molar-refractivity contribution is -0.117. The Labute approximate surface area is 93.1 Å². The maximum absolute atomic E-state index is 11.1. The van der Waals surface area contributed by atoms with Gasteiger partial charge in [-0.05, 0) is 26.3 Å². The van der Waals surface area contributed by atoms with E-state index in [1.165, 1.54) is 25.7 Å². The van der Waals surface area contributed by atoms with Gasteiger partial charge in [0, 0.05) is 12.1 Å². The number of nitrogens with one attached hydrogen (secondary N) is 1. The lowest BCUT2D eigenvalue weighted by Crippen LogP contribution is -2.24. The lowest BCUT2D eigenvalue weighted by atomic mass is 10.1. The molecule has 0 saturated carbocycles. The SMILES string of the molecule is C=C(C)C(=O)NCCCCCCCCN. The standard InChI is InChI=1S/C12H24N2O/c1-11(2)12(15)14-10-8-6-4-3-5-7-9-13/h1,3-10,13H2,2H3,(H,14,15). The number of hydrogen-bond acceptors (Lipinski definition) is 2. The van der Waals surface area contributed by atoms with E-state index in [1.807, 2.05) is 0 Å². The second kappa shape index (κ2) is 9.71. The molecule has 0 rings (SSSR count). The van der Waals surface area contributed by atoms with E-state index in [0.717, 1.165) is 25.9 Å². The van der Waals surface area contributed by atoms with Crippen molar-refractivity contribution >= 4 is 5.91 Å². The Bertz CT molecular complexity index is 190. The summed E-state index contributed by atoms with van der Waals surface area (Å²) in [6, 6.07) is 0. The Balaban J connectivity index is 3.11. The number of nitrogens with two attached hydrogens (primary N) is 1. The van der Waals surface area contributed by atoms with Crippen LogP contribution in [0.5, 0.6) is 0 Å². The lowest BCUT2D eigenvalue weighted by Gasteiger charge is -2.04. The van der Waals surface area contributed by atoms with Gasteiger partial charge in [-0.25, -0.2) is 0 Å².